The molecule has 0 saturated heterocycles. The summed E-state index contributed by atoms with van der Waals surface area (Å²) in [4.78, 5) is 24.1. The fraction of sp³-hybridized carbons (Fsp3) is 0.0769. The van der Waals surface area contributed by atoms with Gasteiger partial charge in [0.25, 0.3) is 0 Å². The van der Waals surface area contributed by atoms with E-state index in [4.69, 9.17) is 27.9 Å². The number of halogens is 3. The second-order valence-corrected chi connectivity index (χ2v) is 6.77. The van der Waals surface area contributed by atoms with Crippen LogP contribution in [0.2, 0.25) is 9.36 Å². The van der Waals surface area contributed by atoms with E-state index in [9.17, 15) is 9.59 Å². The Kier molecular flexibility index (Phi) is 5.21. The minimum atomic E-state index is -0.646. The van der Waals surface area contributed by atoms with E-state index >= 15 is 0 Å². The minimum Gasteiger partial charge on any atom is -0.454 e. The molecule has 0 aliphatic heterocycles. The zero-order valence-corrected chi connectivity index (χ0v) is 13.8. The third kappa shape index (κ3) is 3.82. The van der Waals surface area contributed by atoms with Gasteiger partial charge in [-0.3, -0.25) is 4.79 Å². The Hall–Kier alpha value is -0.880. The molecule has 0 N–H and O–H groups in total. The normalized spacial score (nSPS) is 10.3. The summed E-state index contributed by atoms with van der Waals surface area (Å²) in [5.41, 5.74) is 0.207. The van der Waals surface area contributed by atoms with Gasteiger partial charge in [0, 0.05) is 4.47 Å². The zero-order valence-electron chi connectivity index (χ0n) is 9.86. The SMILES string of the molecule is O=C(COC(=O)c1cc(Br)ccc1Cl)c1ccc(Cl)s1. The maximum absolute atomic E-state index is 11.9. The molecule has 1 heterocycles. The van der Waals surface area contributed by atoms with Crippen molar-refractivity contribution in [3.63, 3.8) is 0 Å². The smallest absolute Gasteiger partial charge is 0.340 e. The first kappa shape index (κ1) is 15.5. The van der Waals surface area contributed by atoms with Crippen molar-refractivity contribution in [1.82, 2.24) is 0 Å². The number of esters is 1. The molecule has 104 valence electrons. The van der Waals surface area contributed by atoms with Gasteiger partial charge in [0.15, 0.2) is 6.61 Å². The van der Waals surface area contributed by atoms with Crippen molar-refractivity contribution >= 4 is 62.2 Å². The number of thiophene rings is 1. The number of carbonyl (C=O) groups excluding carboxylic acids is 2. The first-order valence-electron chi connectivity index (χ1n) is 5.38. The molecule has 0 saturated carbocycles. The molecule has 0 fully saturated rings. The quantitative estimate of drug-likeness (QED) is 0.550. The van der Waals surface area contributed by atoms with Gasteiger partial charge < -0.3 is 4.74 Å². The van der Waals surface area contributed by atoms with E-state index in [0.29, 0.717) is 13.7 Å². The van der Waals surface area contributed by atoms with Crippen LogP contribution in [-0.4, -0.2) is 18.4 Å². The van der Waals surface area contributed by atoms with Gasteiger partial charge in [-0.2, -0.15) is 0 Å². The topological polar surface area (TPSA) is 43.4 Å². The molecule has 0 aliphatic carbocycles. The highest BCUT2D eigenvalue weighted by Crippen LogP contribution is 2.23. The van der Waals surface area contributed by atoms with Gasteiger partial charge in [-0.1, -0.05) is 39.1 Å². The van der Waals surface area contributed by atoms with Crippen LogP contribution in [0.4, 0.5) is 0 Å². The predicted octanol–water partition coefficient (Wildman–Crippen LogP) is 4.86. The van der Waals surface area contributed by atoms with Crippen molar-refractivity contribution in [3.05, 3.63) is 54.6 Å². The minimum absolute atomic E-state index is 0.207. The number of carbonyl (C=O) groups is 2. The fourth-order valence-electron chi connectivity index (χ4n) is 1.40. The van der Waals surface area contributed by atoms with E-state index in [1.165, 1.54) is 6.07 Å². The third-order valence-corrected chi connectivity index (χ3v) is 4.43. The number of ketones is 1. The Bertz CT molecular complexity index is 669. The molecule has 0 aliphatic rings. The van der Waals surface area contributed by atoms with Crippen LogP contribution in [0.5, 0.6) is 0 Å². The van der Waals surface area contributed by atoms with Crippen LogP contribution >= 0.6 is 50.5 Å². The number of hydrogen-bond donors (Lipinski definition) is 0. The highest BCUT2D eigenvalue weighted by Gasteiger charge is 2.16. The molecule has 0 amide bonds. The lowest BCUT2D eigenvalue weighted by atomic mass is 10.2. The van der Waals surface area contributed by atoms with E-state index in [2.05, 4.69) is 15.9 Å². The Morgan fingerprint density at radius 2 is 1.95 bits per heavy atom. The summed E-state index contributed by atoms with van der Waals surface area (Å²) >= 11 is 16.0. The molecule has 0 radical (unpaired) electrons. The monoisotopic (exact) mass is 392 g/mol. The van der Waals surface area contributed by atoms with Gasteiger partial charge in [-0.25, -0.2) is 4.79 Å². The number of hydrogen-bond acceptors (Lipinski definition) is 4. The highest BCUT2D eigenvalue weighted by atomic mass is 79.9. The van der Waals surface area contributed by atoms with Crippen LogP contribution in [0.1, 0.15) is 20.0 Å². The second kappa shape index (κ2) is 6.72. The summed E-state index contributed by atoms with van der Waals surface area (Å²) in [5.74, 6) is -0.950. The Morgan fingerprint density at radius 1 is 1.20 bits per heavy atom. The van der Waals surface area contributed by atoms with Crippen LogP contribution < -0.4 is 0 Å². The van der Waals surface area contributed by atoms with Gasteiger partial charge in [-0.05, 0) is 30.3 Å². The van der Waals surface area contributed by atoms with Crippen molar-refractivity contribution < 1.29 is 14.3 Å². The van der Waals surface area contributed by atoms with Crippen LogP contribution in [-0.2, 0) is 4.74 Å². The lowest BCUT2D eigenvalue weighted by molar-refractivity contribution is 0.0476. The average Bonchev–Trinajstić information content (AvgIpc) is 2.85. The maximum atomic E-state index is 11.9. The molecular weight excluding hydrogens is 387 g/mol. The third-order valence-electron chi connectivity index (χ3n) is 2.33. The largest absolute Gasteiger partial charge is 0.454 e. The molecule has 2 aromatic rings. The van der Waals surface area contributed by atoms with Gasteiger partial charge in [0.2, 0.25) is 5.78 Å². The summed E-state index contributed by atoms with van der Waals surface area (Å²) < 4.78 is 6.17. The second-order valence-electron chi connectivity index (χ2n) is 3.73. The van der Waals surface area contributed by atoms with E-state index in [0.717, 1.165) is 11.3 Å². The van der Waals surface area contributed by atoms with Crippen molar-refractivity contribution in [1.29, 1.82) is 0 Å². The summed E-state index contributed by atoms with van der Waals surface area (Å²) in [6.45, 7) is -0.349. The highest BCUT2D eigenvalue weighted by molar-refractivity contribution is 9.10. The van der Waals surface area contributed by atoms with Crippen LogP contribution in [0, 0.1) is 0 Å². The first-order chi connectivity index (χ1) is 9.47. The summed E-state index contributed by atoms with van der Waals surface area (Å²) in [5, 5.41) is 0.268. The average molecular weight is 394 g/mol. The molecule has 3 nitrogen and oxygen atoms in total. The maximum Gasteiger partial charge on any atom is 0.340 e. The first-order valence-corrected chi connectivity index (χ1v) is 7.74. The van der Waals surface area contributed by atoms with Crippen LogP contribution in [0.25, 0.3) is 0 Å². The van der Waals surface area contributed by atoms with Gasteiger partial charge >= 0.3 is 5.97 Å². The molecule has 0 unspecified atom stereocenters. The number of rotatable bonds is 4. The van der Waals surface area contributed by atoms with Crippen LogP contribution in [0.3, 0.4) is 0 Å². The standard InChI is InChI=1S/C13H7BrCl2O3S/c14-7-1-2-9(15)8(5-7)13(18)19-6-10(17)11-3-4-12(16)20-11/h1-5H,6H2. The Labute approximate surface area is 137 Å². The molecule has 2 rings (SSSR count). The Morgan fingerprint density at radius 3 is 2.60 bits per heavy atom. The van der Waals surface area contributed by atoms with Gasteiger partial charge in [0.1, 0.15) is 0 Å². The van der Waals surface area contributed by atoms with Gasteiger partial charge in [0.05, 0.1) is 19.8 Å². The van der Waals surface area contributed by atoms with E-state index in [1.807, 2.05) is 0 Å². The van der Waals surface area contributed by atoms with E-state index < -0.39 is 5.97 Å². The molecular formula is C13H7BrCl2O3S. The number of ether oxygens (including phenoxy) is 1. The van der Waals surface area contributed by atoms with Gasteiger partial charge in [-0.15, -0.1) is 11.3 Å². The summed E-state index contributed by atoms with van der Waals surface area (Å²) in [6, 6.07) is 8.03. The van der Waals surface area contributed by atoms with Crippen molar-refractivity contribution in [3.8, 4) is 0 Å². The molecule has 0 spiro atoms. The lowest BCUT2D eigenvalue weighted by Gasteiger charge is -2.05. The molecule has 20 heavy (non-hydrogen) atoms. The summed E-state index contributed by atoms with van der Waals surface area (Å²) in [6.07, 6.45) is 0. The van der Waals surface area contributed by atoms with Crippen molar-refractivity contribution in [2.45, 2.75) is 0 Å². The van der Waals surface area contributed by atoms with Crippen LogP contribution in [0.15, 0.2) is 34.8 Å². The summed E-state index contributed by atoms with van der Waals surface area (Å²) in [7, 11) is 0. The van der Waals surface area contributed by atoms with E-state index in [1.54, 1.807) is 24.3 Å². The molecule has 7 heteroatoms. The number of benzene rings is 1. The predicted molar refractivity (Wildman–Crippen MR) is 83.1 cm³/mol. The molecule has 0 bridgehead atoms. The van der Waals surface area contributed by atoms with E-state index in [-0.39, 0.29) is 23.0 Å². The number of Topliss-reactive ketones (excluding diaryl/α,β-unsaturated/α-hetero) is 1. The lowest BCUT2D eigenvalue weighted by Crippen LogP contribution is -2.13. The molecule has 1 aromatic heterocycles. The van der Waals surface area contributed by atoms with Crippen molar-refractivity contribution in [2.75, 3.05) is 6.61 Å². The zero-order chi connectivity index (χ0) is 14.7. The Balaban J connectivity index is 2.02. The fourth-order valence-corrected chi connectivity index (χ4v) is 2.92. The van der Waals surface area contributed by atoms with Crippen molar-refractivity contribution in [2.24, 2.45) is 0 Å². The molecule has 1 aromatic carbocycles. The molecule has 0 atom stereocenters.